The van der Waals surface area contributed by atoms with Gasteiger partial charge in [-0.05, 0) is 25.5 Å². The molecule has 2 rings (SSSR count). The molecule has 0 saturated carbocycles. The van der Waals surface area contributed by atoms with Gasteiger partial charge >= 0.3 is 0 Å². The van der Waals surface area contributed by atoms with Crippen LogP contribution in [0.5, 0.6) is 5.75 Å². The van der Waals surface area contributed by atoms with Crippen LogP contribution >= 0.6 is 23.1 Å². The molecular weight excluding hydrogens is 360 g/mol. The molecule has 2 aromatic rings. The molecule has 0 fully saturated rings. The Balaban J connectivity index is 1.71. The Bertz CT molecular complexity index is 666. The van der Waals surface area contributed by atoms with Crippen molar-refractivity contribution in [1.29, 1.82) is 0 Å². The maximum absolute atomic E-state index is 12.0. The van der Waals surface area contributed by atoms with E-state index in [1.54, 1.807) is 13.2 Å². The van der Waals surface area contributed by atoms with Gasteiger partial charge in [0.1, 0.15) is 5.75 Å². The molecular formula is C16H22N4O3S2. The number of amides is 1. The van der Waals surface area contributed by atoms with Gasteiger partial charge in [-0.15, -0.1) is 10.2 Å². The van der Waals surface area contributed by atoms with Gasteiger partial charge in [0, 0.05) is 31.5 Å². The molecule has 0 spiro atoms. The number of carbonyl (C=O) groups excluding carboxylic acids is 1. The first-order chi connectivity index (χ1) is 12.2. The molecule has 25 heavy (non-hydrogen) atoms. The molecule has 1 aromatic heterocycles. The number of anilines is 2. The lowest BCUT2D eigenvalue weighted by Crippen LogP contribution is -2.13. The average Bonchev–Trinajstić information content (AvgIpc) is 3.08. The highest BCUT2D eigenvalue weighted by molar-refractivity contribution is 8.01. The third kappa shape index (κ3) is 7.29. The highest BCUT2D eigenvalue weighted by Gasteiger charge is 2.08. The minimum absolute atomic E-state index is 0.0975. The predicted molar refractivity (Wildman–Crippen MR) is 102 cm³/mol. The van der Waals surface area contributed by atoms with Gasteiger partial charge < -0.3 is 20.1 Å². The molecule has 0 atom stereocenters. The second kappa shape index (κ2) is 10.9. The molecule has 1 aromatic carbocycles. The first kappa shape index (κ1) is 19.5. The van der Waals surface area contributed by atoms with Gasteiger partial charge in [0.15, 0.2) is 4.34 Å². The van der Waals surface area contributed by atoms with E-state index in [0.29, 0.717) is 11.4 Å². The lowest BCUT2D eigenvalue weighted by molar-refractivity contribution is -0.113. The van der Waals surface area contributed by atoms with Crippen molar-refractivity contribution in [3.05, 3.63) is 24.3 Å². The maximum Gasteiger partial charge on any atom is 0.234 e. The molecule has 136 valence electrons. The van der Waals surface area contributed by atoms with Crippen molar-refractivity contribution in [1.82, 2.24) is 10.2 Å². The van der Waals surface area contributed by atoms with E-state index in [1.807, 2.05) is 25.1 Å². The molecule has 1 heterocycles. The third-order valence-electron chi connectivity index (χ3n) is 3.03. The first-order valence-electron chi connectivity index (χ1n) is 7.93. The molecule has 1 amide bonds. The van der Waals surface area contributed by atoms with Gasteiger partial charge in [0.05, 0.1) is 12.9 Å². The van der Waals surface area contributed by atoms with Crippen molar-refractivity contribution in [2.75, 3.05) is 43.3 Å². The Morgan fingerprint density at radius 1 is 1.36 bits per heavy atom. The molecule has 0 radical (unpaired) electrons. The van der Waals surface area contributed by atoms with E-state index in [2.05, 4.69) is 20.8 Å². The maximum atomic E-state index is 12.0. The normalized spacial score (nSPS) is 10.5. The van der Waals surface area contributed by atoms with E-state index < -0.39 is 0 Å². The number of methoxy groups -OCH3 is 1. The molecule has 2 N–H and O–H groups in total. The second-order valence-corrected chi connectivity index (χ2v) is 7.12. The van der Waals surface area contributed by atoms with E-state index in [0.717, 1.165) is 35.7 Å². The summed E-state index contributed by atoms with van der Waals surface area (Å²) >= 11 is 2.80. The van der Waals surface area contributed by atoms with Crippen LogP contribution in [-0.4, -0.2) is 48.7 Å². The fourth-order valence-corrected chi connectivity index (χ4v) is 3.46. The van der Waals surface area contributed by atoms with Crippen molar-refractivity contribution in [2.24, 2.45) is 0 Å². The zero-order valence-corrected chi connectivity index (χ0v) is 15.9. The van der Waals surface area contributed by atoms with Crippen LogP contribution in [0.25, 0.3) is 0 Å². The van der Waals surface area contributed by atoms with Crippen molar-refractivity contribution in [2.45, 2.75) is 17.7 Å². The monoisotopic (exact) mass is 382 g/mol. The number of carbonyl (C=O) groups is 1. The number of nitrogens with one attached hydrogen (secondary N) is 2. The Kier molecular flexibility index (Phi) is 8.50. The summed E-state index contributed by atoms with van der Waals surface area (Å²) in [6.45, 7) is 4.23. The predicted octanol–water partition coefficient (Wildman–Crippen LogP) is 3.12. The van der Waals surface area contributed by atoms with Crippen LogP contribution in [0, 0.1) is 0 Å². The number of hydrogen-bond donors (Lipinski definition) is 2. The summed E-state index contributed by atoms with van der Waals surface area (Å²) in [7, 11) is 1.59. The zero-order valence-electron chi connectivity index (χ0n) is 14.3. The number of rotatable bonds is 11. The zero-order chi connectivity index (χ0) is 17.9. The lowest BCUT2D eigenvalue weighted by atomic mass is 10.3. The van der Waals surface area contributed by atoms with E-state index in [9.17, 15) is 4.79 Å². The number of thioether (sulfide) groups is 1. The topological polar surface area (TPSA) is 85.4 Å². The van der Waals surface area contributed by atoms with E-state index in [-0.39, 0.29) is 11.7 Å². The highest BCUT2D eigenvalue weighted by Crippen LogP contribution is 2.25. The summed E-state index contributed by atoms with van der Waals surface area (Å²) < 4.78 is 11.2. The smallest absolute Gasteiger partial charge is 0.234 e. The van der Waals surface area contributed by atoms with Crippen molar-refractivity contribution >= 4 is 39.8 Å². The number of ether oxygens (including phenoxy) is 2. The third-order valence-corrected chi connectivity index (χ3v) is 5.05. The molecule has 0 bridgehead atoms. The molecule has 0 aliphatic carbocycles. The van der Waals surface area contributed by atoms with Crippen LogP contribution in [0.3, 0.4) is 0 Å². The molecule has 7 nitrogen and oxygen atoms in total. The fraction of sp³-hybridized carbons (Fsp3) is 0.438. The Labute approximate surface area is 155 Å². The summed E-state index contributed by atoms with van der Waals surface area (Å²) in [5.41, 5.74) is 0.707. The van der Waals surface area contributed by atoms with Crippen molar-refractivity contribution in [3.8, 4) is 5.75 Å². The van der Waals surface area contributed by atoms with Crippen LogP contribution in [0.15, 0.2) is 28.6 Å². The summed E-state index contributed by atoms with van der Waals surface area (Å²) in [4.78, 5) is 12.0. The van der Waals surface area contributed by atoms with E-state index in [4.69, 9.17) is 9.47 Å². The Morgan fingerprint density at radius 3 is 3.04 bits per heavy atom. The molecule has 0 aliphatic heterocycles. The number of hydrogen-bond acceptors (Lipinski definition) is 8. The molecule has 0 saturated heterocycles. The van der Waals surface area contributed by atoms with Crippen LogP contribution < -0.4 is 15.4 Å². The van der Waals surface area contributed by atoms with Crippen LogP contribution in [0.2, 0.25) is 0 Å². The van der Waals surface area contributed by atoms with Crippen LogP contribution in [-0.2, 0) is 9.53 Å². The SMILES string of the molecule is CCOCCCNc1nnc(SCC(=O)Nc2cccc(OC)c2)s1. The molecule has 0 aliphatic rings. The minimum atomic E-state index is -0.0975. The largest absolute Gasteiger partial charge is 0.497 e. The Morgan fingerprint density at radius 2 is 2.24 bits per heavy atom. The van der Waals surface area contributed by atoms with Crippen molar-refractivity contribution < 1.29 is 14.3 Å². The average molecular weight is 383 g/mol. The van der Waals surface area contributed by atoms with Gasteiger partial charge in [-0.1, -0.05) is 29.2 Å². The van der Waals surface area contributed by atoms with Gasteiger partial charge in [0.25, 0.3) is 0 Å². The number of benzene rings is 1. The standard InChI is InChI=1S/C16H22N4O3S2/c1-3-23-9-5-8-17-15-19-20-16(25-15)24-11-14(21)18-12-6-4-7-13(10-12)22-2/h4,6-7,10H,3,5,8-9,11H2,1-2H3,(H,17,19)(H,18,21). The number of nitrogens with zero attached hydrogens (tertiary/aromatic N) is 2. The van der Waals surface area contributed by atoms with E-state index in [1.165, 1.54) is 23.1 Å². The van der Waals surface area contributed by atoms with Crippen molar-refractivity contribution in [3.63, 3.8) is 0 Å². The lowest BCUT2D eigenvalue weighted by Gasteiger charge is -2.06. The molecule has 0 unspecified atom stereocenters. The quantitative estimate of drug-likeness (QED) is 0.456. The first-order valence-corrected chi connectivity index (χ1v) is 9.73. The van der Waals surface area contributed by atoms with Gasteiger partial charge in [-0.3, -0.25) is 4.79 Å². The summed E-state index contributed by atoms with van der Waals surface area (Å²) in [5, 5.41) is 14.9. The highest BCUT2D eigenvalue weighted by atomic mass is 32.2. The van der Waals surface area contributed by atoms with Gasteiger partial charge in [-0.2, -0.15) is 0 Å². The summed E-state index contributed by atoms with van der Waals surface area (Å²) in [5.74, 6) is 0.880. The van der Waals surface area contributed by atoms with E-state index >= 15 is 0 Å². The minimum Gasteiger partial charge on any atom is -0.497 e. The summed E-state index contributed by atoms with van der Waals surface area (Å²) in [6, 6.07) is 7.25. The Hall–Kier alpha value is -1.84. The van der Waals surface area contributed by atoms with Crippen LogP contribution in [0.1, 0.15) is 13.3 Å². The number of aromatic nitrogens is 2. The molecule has 9 heteroatoms. The van der Waals surface area contributed by atoms with Gasteiger partial charge in [-0.25, -0.2) is 0 Å². The summed E-state index contributed by atoms with van der Waals surface area (Å²) in [6.07, 6.45) is 0.916. The van der Waals surface area contributed by atoms with Crippen LogP contribution in [0.4, 0.5) is 10.8 Å². The van der Waals surface area contributed by atoms with Gasteiger partial charge in [0.2, 0.25) is 11.0 Å². The second-order valence-electron chi connectivity index (χ2n) is 4.92. The fourth-order valence-electron chi connectivity index (χ4n) is 1.88.